The Morgan fingerprint density at radius 2 is 2.04 bits per heavy atom. The zero-order valence-corrected chi connectivity index (χ0v) is 16.2. The summed E-state index contributed by atoms with van der Waals surface area (Å²) >= 11 is 3.09. The molecule has 0 N–H and O–H groups in total. The Labute approximate surface area is 159 Å². The second-order valence-corrected chi connectivity index (χ2v) is 7.80. The normalized spacial score (nSPS) is 11.3. The van der Waals surface area contributed by atoms with Crippen LogP contribution in [-0.4, -0.2) is 30.9 Å². The first-order valence-corrected chi connectivity index (χ1v) is 10.2. The number of hydrogen-bond acceptors (Lipinski definition) is 5. The molecule has 0 fully saturated rings. The fourth-order valence-electron chi connectivity index (χ4n) is 3.04. The summed E-state index contributed by atoms with van der Waals surface area (Å²) in [5.41, 5.74) is 1.83. The van der Waals surface area contributed by atoms with E-state index in [1.54, 1.807) is 11.3 Å². The monoisotopic (exact) mass is 382 g/mol. The average Bonchev–Trinajstić information content (AvgIpc) is 3.38. The molecule has 0 unspecified atom stereocenters. The van der Waals surface area contributed by atoms with Crippen LogP contribution in [0.15, 0.2) is 53.1 Å². The molecule has 1 aromatic carbocycles. The van der Waals surface area contributed by atoms with Crippen LogP contribution < -0.4 is 0 Å². The Hall–Kier alpha value is -2.38. The van der Waals surface area contributed by atoms with Crippen molar-refractivity contribution in [1.82, 2.24) is 19.3 Å². The quantitative estimate of drug-likeness (QED) is 0.364. The van der Waals surface area contributed by atoms with Crippen molar-refractivity contribution in [1.29, 1.82) is 0 Å². The van der Waals surface area contributed by atoms with Gasteiger partial charge in [0.15, 0.2) is 16.8 Å². The molecule has 7 heteroatoms. The van der Waals surface area contributed by atoms with Crippen LogP contribution in [-0.2, 0) is 13.6 Å². The summed E-state index contributed by atoms with van der Waals surface area (Å²) in [6, 6.07) is 12.0. The Morgan fingerprint density at radius 3 is 2.81 bits per heavy atom. The third kappa shape index (κ3) is 2.97. The van der Waals surface area contributed by atoms with Crippen molar-refractivity contribution in [2.24, 2.45) is 7.05 Å². The molecule has 3 aromatic heterocycles. The maximum atomic E-state index is 12.8. The lowest BCUT2D eigenvalue weighted by atomic mass is 10.1. The summed E-state index contributed by atoms with van der Waals surface area (Å²) in [5, 5.41) is 12.4. The minimum atomic E-state index is 0.107. The lowest BCUT2D eigenvalue weighted by Crippen LogP contribution is -2.04. The average molecular weight is 383 g/mol. The number of rotatable bonds is 6. The molecule has 3 heterocycles. The second kappa shape index (κ2) is 7.09. The van der Waals surface area contributed by atoms with Crippen LogP contribution in [0.2, 0.25) is 0 Å². The number of aromatic nitrogens is 4. The molecule has 0 spiro atoms. The molecule has 26 heavy (non-hydrogen) atoms. The number of benzene rings is 1. The van der Waals surface area contributed by atoms with Crippen molar-refractivity contribution in [2.45, 2.75) is 18.6 Å². The topological polar surface area (TPSA) is 52.7 Å². The number of thioether (sulfide) groups is 1. The van der Waals surface area contributed by atoms with Crippen LogP contribution >= 0.6 is 23.1 Å². The number of ketones is 1. The van der Waals surface area contributed by atoms with Gasteiger partial charge in [-0.25, -0.2) is 0 Å². The molecule has 0 radical (unpaired) electrons. The summed E-state index contributed by atoms with van der Waals surface area (Å²) in [6.45, 7) is 2.84. The highest BCUT2D eigenvalue weighted by atomic mass is 32.2. The maximum Gasteiger partial charge on any atom is 0.191 e. The van der Waals surface area contributed by atoms with Gasteiger partial charge in [-0.05, 0) is 24.4 Å². The first-order chi connectivity index (χ1) is 12.7. The van der Waals surface area contributed by atoms with E-state index in [1.807, 2.05) is 59.6 Å². The van der Waals surface area contributed by atoms with E-state index in [-0.39, 0.29) is 5.78 Å². The maximum absolute atomic E-state index is 12.8. The number of carbonyl (C=O) groups excluding carboxylic acids is 1. The van der Waals surface area contributed by atoms with Gasteiger partial charge in [0.05, 0.1) is 10.6 Å². The summed E-state index contributed by atoms with van der Waals surface area (Å²) in [6.07, 6.45) is 1.91. The lowest BCUT2D eigenvalue weighted by molar-refractivity contribution is 0.102. The standard InChI is InChI=1S/C19H18N4OS2/c1-3-23-18(17-9-6-10-25-17)20-21-19(23)26-12-16(24)14-11-22(2)15-8-5-4-7-13(14)15/h4-11H,3,12H2,1-2H3. The van der Waals surface area contributed by atoms with Gasteiger partial charge in [0.1, 0.15) is 0 Å². The highest BCUT2D eigenvalue weighted by molar-refractivity contribution is 7.99. The second-order valence-electron chi connectivity index (χ2n) is 5.91. The molecule has 0 amide bonds. The molecule has 0 bridgehead atoms. The van der Waals surface area contributed by atoms with Gasteiger partial charge >= 0.3 is 0 Å². The molecule has 0 saturated carbocycles. The van der Waals surface area contributed by atoms with Gasteiger partial charge in [0.2, 0.25) is 0 Å². The van der Waals surface area contributed by atoms with E-state index in [0.29, 0.717) is 5.75 Å². The number of carbonyl (C=O) groups is 1. The van der Waals surface area contributed by atoms with Crippen LogP contribution in [0.1, 0.15) is 17.3 Å². The van der Waals surface area contributed by atoms with Crippen molar-refractivity contribution in [3.05, 3.63) is 53.5 Å². The van der Waals surface area contributed by atoms with Crippen LogP contribution in [0.25, 0.3) is 21.6 Å². The predicted octanol–water partition coefficient (Wildman–Crippen LogP) is 4.49. The third-order valence-electron chi connectivity index (χ3n) is 4.30. The van der Waals surface area contributed by atoms with E-state index in [9.17, 15) is 4.79 Å². The zero-order chi connectivity index (χ0) is 18.1. The molecule has 0 aliphatic rings. The van der Waals surface area contributed by atoms with E-state index < -0.39 is 0 Å². The van der Waals surface area contributed by atoms with E-state index in [2.05, 4.69) is 21.7 Å². The van der Waals surface area contributed by atoms with Gasteiger partial charge in [0.25, 0.3) is 0 Å². The van der Waals surface area contributed by atoms with Gasteiger partial charge in [-0.2, -0.15) is 0 Å². The number of thiophene rings is 1. The van der Waals surface area contributed by atoms with Gasteiger partial charge in [-0.15, -0.1) is 21.5 Å². The van der Waals surface area contributed by atoms with Crippen LogP contribution in [0.3, 0.4) is 0 Å². The first-order valence-electron chi connectivity index (χ1n) is 8.36. The van der Waals surface area contributed by atoms with Gasteiger partial charge < -0.3 is 9.13 Å². The van der Waals surface area contributed by atoms with Gasteiger partial charge in [-0.3, -0.25) is 4.79 Å². The molecule has 0 aliphatic heterocycles. The molecule has 0 aliphatic carbocycles. The summed E-state index contributed by atoms with van der Waals surface area (Å²) in [7, 11) is 1.97. The lowest BCUT2D eigenvalue weighted by Gasteiger charge is -2.05. The Balaban J connectivity index is 1.56. The van der Waals surface area contributed by atoms with Crippen LogP contribution in [0.4, 0.5) is 0 Å². The zero-order valence-electron chi connectivity index (χ0n) is 14.5. The molecule has 0 saturated heterocycles. The number of fused-ring (bicyclic) bond motifs is 1. The smallest absolute Gasteiger partial charge is 0.191 e. The first kappa shape index (κ1) is 17.1. The summed E-state index contributed by atoms with van der Waals surface area (Å²) in [4.78, 5) is 13.9. The fraction of sp³-hybridized carbons (Fsp3) is 0.211. The van der Waals surface area contributed by atoms with Gasteiger partial charge in [0, 0.05) is 36.3 Å². The molecule has 132 valence electrons. The van der Waals surface area contributed by atoms with Crippen LogP contribution in [0.5, 0.6) is 0 Å². The van der Waals surface area contributed by atoms with Crippen molar-refractivity contribution in [3.63, 3.8) is 0 Å². The van der Waals surface area contributed by atoms with Crippen LogP contribution in [0, 0.1) is 0 Å². The van der Waals surface area contributed by atoms with E-state index in [0.717, 1.165) is 38.9 Å². The highest BCUT2D eigenvalue weighted by Crippen LogP contribution is 2.28. The third-order valence-corrected chi connectivity index (χ3v) is 6.14. The molecule has 5 nitrogen and oxygen atoms in total. The van der Waals surface area contributed by atoms with Crippen molar-refractivity contribution in [2.75, 3.05) is 5.75 Å². The number of Topliss-reactive ketones (excluding diaryl/α,β-unsaturated/α-hetero) is 1. The van der Waals surface area contributed by atoms with Gasteiger partial charge in [-0.1, -0.05) is 36.0 Å². The van der Waals surface area contributed by atoms with E-state index in [4.69, 9.17) is 0 Å². The molecule has 0 atom stereocenters. The molecule has 4 aromatic rings. The Kier molecular flexibility index (Phi) is 4.65. The minimum absolute atomic E-state index is 0.107. The Bertz CT molecular complexity index is 1060. The molecular weight excluding hydrogens is 364 g/mol. The van der Waals surface area contributed by atoms with Crippen molar-refractivity contribution in [3.8, 4) is 10.7 Å². The summed E-state index contributed by atoms with van der Waals surface area (Å²) in [5.74, 6) is 1.31. The number of nitrogens with zero attached hydrogens (tertiary/aromatic N) is 4. The SMILES string of the molecule is CCn1c(SCC(=O)c2cn(C)c3ccccc23)nnc1-c1cccs1. The number of aryl methyl sites for hydroxylation is 1. The van der Waals surface area contributed by atoms with E-state index in [1.165, 1.54) is 11.8 Å². The molecule has 4 rings (SSSR count). The largest absolute Gasteiger partial charge is 0.350 e. The Morgan fingerprint density at radius 1 is 1.19 bits per heavy atom. The minimum Gasteiger partial charge on any atom is -0.350 e. The van der Waals surface area contributed by atoms with Crippen molar-refractivity contribution >= 4 is 39.8 Å². The number of para-hydroxylation sites is 1. The predicted molar refractivity (Wildman–Crippen MR) is 107 cm³/mol. The highest BCUT2D eigenvalue weighted by Gasteiger charge is 2.18. The van der Waals surface area contributed by atoms with Crippen molar-refractivity contribution < 1.29 is 4.79 Å². The number of hydrogen-bond donors (Lipinski definition) is 0. The van der Waals surface area contributed by atoms with E-state index >= 15 is 0 Å². The summed E-state index contributed by atoms with van der Waals surface area (Å²) < 4.78 is 4.06. The fourth-order valence-corrected chi connectivity index (χ4v) is 4.64. The molecular formula is C19H18N4OS2.